The monoisotopic (exact) mass is 404 g/mol. The van der Waals surface area contributed by atoms with Gasteiger partial charge in [0.25, 0.3) is 5.91 Å². The number of guanidine groups is 1. The summed E-state index contributed by atoms with van der Waals surface area (Å²) in [6.45, 7) is 2.62. The van der Waals surface area contributed by atoms with E-state index < -0.39 is 18.2 Å². The van der Waals surface area contributed by atoms with Gasteiger partial charge in [-0.1, -0.05) is 4.99 Å². The van der Waals surface area contributed by atoms with Gasteiger partial charge in [-0.05, 0) is 31.2 Å². The van der Waals surface area contributed by atoms with Gasteiger partial charge in [0, 0.05) is 14.1 Å². The van der Waals surface area contributed by atoms with Gasteiger partial charge in [0.05, 0.1) is 20.2 Å². The second kappa shape index (κ2) is 8.48. The molecule has 1 aromatic carbocycles. The maximum absolute atomic E-state index is 12.7. The number of carbonyl (C=O) groups excluding carboxylic acids is 2. The van der Waals surface area contributed by atoms with Crippen LogP contribution < -0.4 is 14.8 Å². The van der Waals surface area contributed by atoms with Gasteiger partial charge in [-0.2, -0.15) is 0 Å². The number of methoxy groups -OCH3 is 1. The van der Waals surface area contributed by atoms with E-state index in [9.17, 15) is 14.7 Å². The maximum Gasteiger partial charge on any atom is 0.390 e. The number of benzene rings is 1. The Balaban J connectivity index is 1.72. The molecule has 3 amide bonds. The summed E-state index contributed by atoms with van der Waals surface area (Å²) in [4.78, 5) is 31.8. The van der Waals surface area contributed by atoms with Crippen LogP contribution in [0.25, 0.3) is 0 Å². The lowest BCUT2D eigenvalue weighted by atomic mass is 10.1. The molecular weight excluding hydrogens is 378 g/mol. The molecule has 29 heavy (non-hydrogen) atoms. The minimum absolute atomic E-state index is 0.0308. The van der Waals surface area contributed by atoms with E-state index in [1.807, 2.05) is 6.92 Å². The van der Waals surface area contributed by atoms with Crippen LogP contribution in [0.4, 0.5) is 4.79 Å². The molecule has 2 atom stereocenters. The molecule has 2 N–H and O–H groups in total. The van der Waals surface area contributed by atoms with Crippen LogP contribution in [-0.4, -0.2) is 96.3 Å². The molecule has 2 aliphatic heterocycles. The normalized spacial score (nSPS) is 19.9. The number of nitrogens with one attached hydrogen (secondary N) is 1. The van der Waals surface area contributed by atoms with Crippen molar-refractivity contribution < 1.29 is 28.7 Å². The van der Waals surface area contributed by atoms with Gasteiger partial charge in [-0.3, -0.25) is 19.9 Å². The van der Waals surface area contributed by atoms with Gasteiger partial charge in [0.2, 0.25) is 11.9 Å². The molecule has 0 aromatic heterocycles. The fraction of sp³-hybridized carbons (Fsp3) is 0.474. The van der Waals surface area contributed by atoms with Gasteiger partial charge >= 0.3 is 12.0 Å². The SMILES string of the molecule is CCNC1=[N+](CC(O)COc2ccc(OC)cc2)C2C(=O)N(C)C(=O)N(C)C2=N1. The molecule has 0 spiro atoms. The van der Waals surface area contributed by atoms with E-state index in [-0.39, 0.29) is 19.1 Å². The van der Waals surface area contributed by atoms with Crippen LogP contribution in [0.2, 0.25) is 0 Å². The number of aliphatic hydroxyl groups is 1. The van der Waals surface area contributed by atoms with Crippen molar-refractivity contribution in [2.75, 3.05) is 40.9 Å². The van der Waals surface area contributed by atoms with Gasteiger partial charge in [-0.25, -0.2) is 9.37 Å². The van der Waals surface area contributed by atoms with Crippen molar-refractivity contribution in [2.45, 2.75) is 19.1 Å². The highest BCUT2D eigenvalue weighted by Gasteiger charge is 2.51. The fourth-order valence-corrected chi connectivity index (χ4v) is 3.23. The van der Waals surface area contributed by atoms with Gasteiger partial charge in [0.1, 0.15) is 24.2 Å². The Morgan fingerprint density at radius 3 is 2.48 bits per heavy atom. The molecule has 2 aliphatic rings. The number of hydrogen-bond acceptors (Lipinski definition) is 7. The molecule has 0 bridgehead atoms. The van der Waals surface area contributed by atoms with Crippen molar-refractivity contribution in [1.29, 1.82) is 0 Å². The third-order valence-electron chi connectivity index (χ3n) is 4.77. The zero-order valence-corrected chi connectivity index (χ0v) is 17.0. The van der Waals surface area contributed by atoms with Crippen molar-refractivity contribution in [2.24, 2.45) is 4.99 Å². The van der Waals surface area contributed by atoms with Crippen LogP contribution in [0.3, 0.4) is 0 Å². The lowest BCUT2D eigenvalue weighted by molar-refractivity contribution is -0.545. The first-order valence-electron chi connectivity index (χ1n) is 9.33. The molecular formula is C19H26N5O5+. The maximum atomic E-state index is 12.7. The van der Waals surface area contributed by atoms with Crippen LogP contribution in [0.5, 0.6) is 11.5 Å². The summed E-state index contributed by atoms with van der Waals surface area (Å²) in [6.07, 6.45) is -0.888. The molecule has 1 saturated heterocycles. The molecule has 3 rings (SSSR count). The number of aliphatic imine (C=N–C) groups is 1. The second-order valence-corrected chi connectivity index (χ2v) is 6.76. The van der Waals surface area contributed by atoms with Gasteiger partial charge < -0.3 is 14.6 Å². The van der Waals surface area contributed by atoms with E-state index >= 15 is 0 Å². The number of ether oxygens (including phenoxy) is 2. The average molecular weight is 404 g/mol. The first kappa shape index (κ1) is 20.6. The Labute approximate surface area is 169 Å². The first-order chi connectivity index (χ1) is 13.9. The number of carbonyl (C=O) groups is 2. The number of β-amino-alcohol motifs (C(OH)–C–C–N with tert-alkyl or cyclic N) is 1. The molecule has 2 unspecified atom stereocenters. The molecule has 2 heterocycles. The smallest absolute Gasteiger partial charge is 0.390 e. The zero-order valence-electron chi connectivity index (χ0n) is 17.0. The Kier molecular flexibility index (Phi) is 6.02. The number of hydrogen-bond donors (Lipinski definition) is 2. The van der Waals surface area contributed by atoms with E-state index in [0.717, 1.165) is 4.90 Å². The summed E-state index contributed by atoms with van der Waals surface area (Å²) in [6, 6.07) is 5.82. The summed E-state index contributed by atoms with van der Waals surface area (Å²) in [5.74, 6) is 1.71. The van der Waals surface area contributed by atoms with Crippen molar-refractivity contribution in [3.63, 3.8) is 0 Å². The predicted octanol–water partition coefficient (Wildman–Crippen LogP) is -0.283. The second-order valence-electron chi connectivity index (χ2n) is 6.76. The van der Waals surface area contributed by atoms with E-state index in [1.165, 1.54) is 11.9 Å². The molecule has 0 aliphatic carbocycles. The Morgan fingerprint density at radius 1 is 1.21 bits per heavy atom. The quantitative estimate of drug-likeness (QED) is 0.606. The Hall–Kier alpha value is -3.14. The summed E-state index contributed by atoms with van der Waals surface area (Å²) in [5.41, 5.74) is 0. The van der Waals surface area contributed by atoms with Crippen molar-refractivity contribution in [3.8, 4) is 11.5 Å². The standard InChI is InChI=1S/C19H25N5O5/c1-5-20-18-21-16-15(17(26)23(3)19(27)22(16)2)24(18)10-12(25)11-29-14-8-6-13(28-4)7-9-14/h6-9,12,15,25H,5,10-11H2,1-4H3/p+1. The molecule has 156 valence electrons. The van der Waals surface area contributed by atoms with E-state index in [1.54, 1.807) is 43.0 Å². The molecule has 10 heteroatoms. The summed E-state index contributed by atoms with van der Waals surface area (Å²) in [7, 11) is 4.59. The van der Waals surface area contributed by atoms with Crippen LogP contribution in [0.15, 0.2) is 29.3 Å². The van der Waals surface area contributed by atoms with Crippen LogP contribution in [0, 0.1) is 0 Å². The number of amidine groups is 1. The molecule has 0 saturated carbocycles. The third-order valence-corrected chi connectivity index (χ3v) is 4.77. The minimum Gasteiger partial charge on any atom is -0.497 e. The number of aliphatic hydroxyl groups excluding tert-OH is 1. The van der Waals surface area contributed by atoms with E-state index in [4.69, 9.17) is 9.47 Å². The van der Waals surface area contributed by atoms with Gasteiger partial charge in [0.15, 0.2) is 0 Å². The predicted molar refractivity (Wildman–Crippen MR) is 105 cm³/mol. The molecule has 0 radical (unpaired) electrons. The third kappa shape index (κ3) is 4.02. The largest absolute Gasteiger partial charge is 0.497 e. The first-order valence-corrected chi connectivity index (χ1v) is 9.33. The molecule has 10 nitrogen and oxygen atoms in total. The number of likely N-dealkylation sites (N-methyl/N-ethyl adjacent to an activating group) is 2. The highest BCUT2D eigenvalue weighted by atomic mass is 16.5. The molecule has 1 aromatic rings. The summed E-state index contributed by atoms with van der Waals surface area (Å²) in [5, 5.41) is 13.6. The number of amides is 3. The van der Waals surface area contributed by atoms with Crippen LogP contribution in [-0.2, 0) is 4.79 Å². The molecule has 1 fully saturated rings. The Morgan fingerprint density at radius 2 is 1.86 bits per heavy atom. The van der Waals surface area contributed by atoms with E-state index in [2.05, 4.69) is 10.3 Å². The highest BCUT2D eigenvalue weighted by molar-refractivity contribution is 6.22. The fourth-order valence-electron chi connectivity index (χ4n) is 3.23. The lowest BCUT2D eigenvalue weighted by Crippen LogP contribution is -2.62. The van der Waals surface area contributed by atoms with Crippen molar-refractivity contribution >= 4 is 23.7 Å². The van der Waals surface area contributed by atoms with Crippen LogP contribution in [0.1, 0.15) is 6.92 Å². The van der Waals surface area contributed by atoms with Crippen LogP contribution >= 0.6 is 0 Å². The number of fused-ring (bicyclic) bond motifs is 1. The average Bonchev–Trinajstić information content (AvgIpc) is 3.08. The number of imide groups is 1. The number of rotatable bonds is 7. The zero-order chi connectivity index (χ0) is 21.1. The van der Waals surface area contributed by atoms with E-state index in [0.29, 0.717) is 29.8 Å². The topological polar surface area (TPSA) is 107 Å². The Bertz CT molecular complexity index is 851. The summed E-state index contributed by atoms with van der Waals surface area (Å²) < 4.78 is 12.4. The van der Waals surface area contributed by atoms with Crippen molar-refractivity contribution in [3.05, 3.63) is 24.3 Å². The highest BCUT2D eigenvalue weighted by Crippen LogP contribution is 2.20. The summed E-state index contributed by atoms with van der Waals surface area (Å²) >= 11 is 0. The van der Waals surface area contributed by atoms with Crippen molar-refractivity contribution in [1.82, 2.24) is 15.1 Å². The number of urea groups is 1. The minimum atomic E-state index is -0.888. The lowest BCUT2D eigenvalue weighted by Gasteiger charge is -2.32. The number of nitrogens with zero attached hydrogens (tertiary/aromatic N) is 4. The van der Waals surface area contributed by atoms with Gasteiger partial charge in [-0.15, -0.1) is 0 Å².